The van der Waals surface area contributed by atoms with Crippen LogP contribution in [0.2, 0.25) is 0 Å². The predicted molar refractivity (Wildman–Crippen MR) is 71.8 cm³/mol. The van der Waals surface area contributed by atoms with Crippen molar-refractivity contribution in [1.29, 1.82) is 0 Å². The van der Waals surface area contributed by atoms with Crippen LogP contribution in [0.4, 0.5) is 0 Å². The summed E-state index contributed by atoms with van der Waals surface area (Å²) in [5, 5.41) is 0.919. The Balaban J connectivity index is 2.52. The maximum Gasteiger partial charge on any atom is 0.223 e. The number of carbonyl (C=O) groups is 1. The number of rotatable bonds is 3. The van der Waals surface area contributed by atoms with Crippen LogP contribution in [0.15, 0.2) is 0 Å². The van der Waals surface area contributed by atoms with Gasteiger partial charge in [0.2, 0.25) is 5.91 Å². The van der Waals surface area contributed by atoms with E-state index in [0.29, 0.717) is 24.3 Å². The fourth-order valence-electron chi connectivity index (χ4n) is 2.01. The number of likely N-dealkylation sites (tertiary alicyclic amines) is 1. The summed E-state index contributed by atoms with van der Waals surface area (Å²) in [6.07, 6.45) is 3.00. The zero-order valence-electron chi connectivity index (χ0n) is 10.9. The molecule has 0 aromatic carbocycles. The molecule has 3 heteroatoms. The van der Waals surface area contributed by atoms with E-state index in [4.69, 9.17) is 0 Å². The van der Waals surface area contributed by atoms with Crippen molar-refractivity contribution in [1.82, 2.24) is 4.90 Å². The molecule has 1 aliphatic rings. The van der Waals surface area contributed by atoms with Gasteiger partial charge in [0, 0.05) is 24.3 Å². The highest BCUT2D eigenvalue weighted by Crippen LogP contribution is 2.30. The van der Waals surface area contributed by atoms with E-state index in [1.807, 2.05) is 0 Å². The van der Waals surface area contributed by atoms with Crippen LogP contribution in [-0.4, -0.2) is 28.7 Å². The quantitative estimate of drug-likeness (QED) is 0.729. The lowest BCUT2D eigenvalue weighted by Crippen LogP contribution is -2.38. The first-order valence-electron chi connectivity index (χ1n) is 6.21. The minimum atomic E-state index is 0.222. The maximum absolute atomic E-state index is 12.2. The van der Waals surface area contributed by atoms with Crippen molar-refractivity contribution < 1.29 is 4.79 Å². The second-order valence-corrected chi connectivity index (χ2v) is 6.66. The summed E-state index contributed by atoms with van der Waals surface area (Å²) in [5.41, 5.74) is 0.222. The van der Waals surface area contributed by atoms with Gasteiger partial charge in [-0.05, 0) is 24.2 Å². The van der Waals surface area contributed by atoms with Crippen LogP contribution in [-0.2, 0) is 4.79 Å². The van der Waals surface area contributed by atoms with Crippen molar-refractivity contribution in [2.24, 2.45) is 11.3 Å². The monoisotopic (exact) mass is 289 g/mol. The fourth-order valence-corrected chi connectivity index (χ4v) is 2.68. The van der Waals surface area contributed by atoms with E-state index in [-0.39, 0.29) is 5.41 Å². The molecule has 0 aromatic heterocycles. The molecule has 0 saturated carbocycles. The molecule has 1 heterocycles. The molecule has 1 rings (SSSR count). The standard InChI is InChI=1S/C13H24BrNO/c1-10(13(2,3)4)8-12(16)15-7-5-6-11(15)9-14/h10-11H,5-9H2,1-4H3. The van der Waals surface area contributed by atoms with Crippen LogP contribution < -0.4 is 0 Å². The van der Waals surface area contributed by atoms with Crippen molar-refractivity contribution in [3.05, 3.63) is 0 Å². The largest absolute Gasteiger partial charge is 0.339 e. The highest BCUT2D eigenvalue weighted by atomic mass is 79.9. The number of alkyl halides is 1. The van der Waals surface area contributed by atoms with E-state index < -0.39 is 0 Å². The van der Waals surface area contributed by atoms with Crippen molar-refractivity contribution in [3.8, 4) is 0 Å². The average molecular weight is 290 g/mol. The van der Waals surface area contributed by atoms with Crippen molar-refractivity contribution in [3.63, 3.8) is 0 Å². The Labute approximate surface area is 108 Å². The molecule has 2 atom stereocenters. The van der Waals surface area contributed by atoms with Gasteiger partial charge in [0.15, 0.2) is 0 Å². The summed E-state index contributed by atoms with van der Waals surface area (Å²) in [7, 11) is 0. The normalized spacial score (nSPS) is 23.6. The second kappa shape index (κ2) is 5.52. The van der Waals surface area contributed by atoms with Gasteiger partial charge in [0.1, 0.15) is 0 Å². The highest BCUT2D eigenvalue weighted by molar-refractivity contribution is 9.09. The average Bonchev–Trinajstić information content (AvgIpc) is 2.63. The molecule has 1 saturated heterocycles. The zero-order valence-corrected chi connectivity index (χ0v) is 12.5. The number of carbonyl (C=O) groups excluding carboxylic acids is 1. The molecule has 94 valence electrons. The molecule has 0 aromatic rings. The van der Waals surface area contributed by atoms with Gasteiger partial charge >= 0.3 is 0 Å². The summed E-state index contributed by atoms with van der Waals surface area (Å²) >= 11 is 3.50. The second-order valence-electron chi connectivity index (χ2n) is 6.01. The first kappa shape index (κ1) is 14.0. The Hall–Kier alpha value is -0.0500. The van der Waals surface area contributed by atoms with E-state index in [1.54, 1.807) is 0 Å². The first-order chi connectivity index (χ1) is 7.36. The van der Waals surface area contributed by atoms with E-state index in [0.717, 1.165) is 24.7 Å². The molecule has 2 unspecified atom stereocenters. The lowest BCUT2D eigenvalue weighted by Gasteiger charge is -2.30. The van der Waals surface area contributed by atoms with Crippen LogP contribution in [0.25, 0.3) is 0 Å². The topological polar surface area (TPSA) is 20.3 Å². The molecule has 1 fully saturated rings. The van der Waals surface area contributed by atoms with Crippen LogP contribution >= 0.6 is 15.9 Å². The Bertz CT molecular complexity index is 247. The first-order valence-corrected chi connectivity index (χ1v) is 7.34. The molecule has 1 aliphatic heterocycles. The molecule has 2 nitrogen and oxygen atoms in total. The molecule has 1 amide bonds. The third-order valence-electron chi connectivity index (χ3n) is 3.83. The minimum absolute atomic E-state index is 0.222. The molecular formula is C13H24BrNO. The lowest BCUT2D eigenvalue weighted by molar-refractivity contribution is -0.133. The lowest BCUT2D eigenvalue weighted by atomic mass is 9.80. The summed E-state index contributed by atoms with van der Waals surface area (Å²) in [6.45, 7) is 9.74. The Morgan fingerprint density at radius 3 is 2.62 bits per heavy atom. The molecule has 16 heavy (non-hydrogen) atoms. The van der Waals surface area contributed by atoms with Gasteiger partial charge < -0.3 is 4.90 Å². The van der Waals surface area contributed by atoms with Gasteiger partial charge in [-0.1, -0.05) is 43.6 Å². The van der Waals surface area contributed by atoms with Gasteiger partial charge in [-0.2, -0.15) is 0 Å². The molecule has 0 bridgehead atoms. The Morgan fingerprint density at radius 2 is 2.12 bits per heavy atom. The minimum Gasteiger partial charge on any atom is -0.339 e. The Morgan fingerprint density at radius 1 is 1.50 bits per heavy atom. The van der Waals surface area contributed by atoms with E-state index >= 15 is 0 Å². The van der Waals surface area contributed by atoms with E-state index in [2.05, 4.69) is 48.5 Å². The molecule has 0 radical (unpaired) electrons. The summed E-state index contributed by atoms with van der Waals surface area (Å²) in [4.78, 5) is 14.2. The molecule has 0 spiro atoms. The van der Waals surface area contributed by atoms with Crippen LogP contribution in [0.5, 0.6) is 0 Å². The van der Waals surface area contributed by atoms with Gasteiger partial charge in [0.25, 0.3) is 0 Å². The van der Waals surface area contributed by atoms with Gasteiger partial charge in [-0.3, -0.25) is 4.79 Å². The zero-order chi connectivity index (χ0) is 12.3. The van der Waals surface area contributed by atoms with Gasteiger partial charge in [0.05, 0.1) is 0 Å². The number of hydrogen-bond acceptors (Lipinski definition) is 1. The third kappa shape index (κ3) is 3.47. The van der Waals surface area contributed by atoms with E-state index in [1.165, 1.54) is 0 Å². The molecule has 0 aliphatic carbocycles. The third-order valence-corrected chi connectivity index (χ3v) is 4.58. The van der Waals surface area contributed by atoms with Crippen LogP contribution in [0, 0.1) is 11.3 Å². The molecular weight excluding hydrogens is 266 g/mol. The summed E-state index contributed by atoms with van der Waals surface area (Å²) < 4.78 is 0. The van der Waals surface area contributed by atoms with Crippen molar-refractivity contribution >= 4 is 21.8 Å². The van der Waals surface area contributed by atoms with E-state index in [9.17, 15) is 4.79 Å². The Kier molecular flexibility index (Phi) is 4.84. The number of halogens is 1. The number of hydrogen-bond donors (Lipinski definition) is 0. The van der Waals surface area contributed by atoms with Crippen molar-refractivity contribution in [2.45, 2.75) is 53.0 Å². The van der Waals surface area contributed by atoms with Crippen LogP contribution in [0.1, 0.15) is 47.0 Å². The maximum atomic E-state index is 12.2. The smallest absolute Gasteiger partial charge is 0.223 e. The predicted octanol–water partition coefficient (Wildman–Crippen LogP) is 3.44. The summed E-state index contributed by atoms with van der Waals surface area (Å²) in [6, 6.07) is 0.430. The van der Waals surface area contributed by atoms with Gasteiger partial charge in [-0.25, -0.2) is 0 Å². The number of amides is 1. The van der Waals surface area contributed by atoms with Crippen molar-refractivity contribution in [2.75, 3.05) is 11.9 Å². The SMILES string of the molecule is CC(CC(=O)N1CCCC1CBr)C(C)(C)C. The van der Waals surface area contributed by atoms with Gasteiger partial charge in [-0.15, -0.1) is 0 Å². The van der Waals surface area contributed by atoms with Crippen LogP contribution in [0.3, 0.4) is 0 Å². The summed E-state index contributed by atoms with van der Waals surface area (Å²) in [5.74, 6) is 0.779. The fraction of sp³-hybridized carbons (Fsp3) is 0.923. The molecule has 0 N–H and O–H groups in total. The number of nitrogens with zero attached hydrogens (tertiary/aromatic N) is 1. The highest BCUT2D eigenvalue weighted by Gasteiger charge is 2.30.